The molecule has 1 atom stereocenters. The molecule has 1 aromatic rings. The third-order valence-electron chi connectivity index (χ3n) is 2.27. The first kappa shape index (κ1) is 12.4. The summed E-state index contributed by atoms with van der Waals surface area (Å²) in [6, 6.07) is 6.08. The number of amides is 3. The summed E-state index contributed by atoms with van der Waals surface area (Å²) in [5.41, 5.74) is 0.440. The van der Waals surface area contributed by atoms with Gasteiger partial charge in [0.15, 0.2) is 0 Å². The Kier molecular flexibility index (Phi) is 3.52. The Labute approximate surface area is 107 Å². The molecule has 2 rings (SSSR count). The van der Waals surface area contributed by atoms with Gasteiger partial charge in [-0.2, -0.15) is 0 Å². The van der Waals surface area contributed by atoms with Crippen LogP contribution in [-0.2, 0) is 9.59 Å². The van der Waals surface area contributed by atoms with Crippen molar-refractivity contribution in [2.75, 3.05) is 5.32 Å². The van der Waals surface area contributed by atoms with E-state index in [1.54, 1.807) is 12.1 Å². The molecule has 7 heteroatoms. The molecule has 18 heavy (non-hydrogen) atoms. The van der Waals surface area contributed by atoms with Crippen LogP contribution in [0.2, 0.25) is 0 Å². The molecular weight excluding hydrogens is 256 g/mol. The van der Waals surface area contributed by atoms with E-state index >= 15 is 0 Å². The SMILES string of the molecule is O=C(C[C@H]1SC(=O)NC1=O)Nc1cccc(O)c1. The zero-order valence-electron chi connectivity index (χ0n) is 9.17. The lowest BCUT2D eigenvalue weighted by atomic mass is 10.2. The highest BCUT2D eigenvalue weighted by Crippen LogP contribution is 2.23. The standard InChI is InChI=1S/C11H10N2O4S/c14-7-3-1-2-6(4-7)12-9(15)5-8-10(16)13-11(17)18-8/h1-4,8,14H,5H2,(H,12,15)(H,13,16,17)/t8-/m1/s1. The van der Waals surface area contributed by atoms with Gasteiger partial charge in [0.1, 0.15) is 11.0 Å². The summed E-state index contributed by atoms with van der Waals surface area (Å²) in [4.78, 5) is 33.8. The molecule has 1 fully saturated rings. The second-order valence-corrected chi connectivity index (χ2v) is 4.86. The minimum atomic E-state index is -0.685. The highest BCUT2D eigenvalue weighted by atomic mass is 32.2. The van der Waals surface area contributed by atoms with Crippen molar-refractivity contribution in [3.05, 3.63) is 24.3 Å². The molecule has 0 unspecified atom stereocenters. The lowest BCUT2D eigenvalue weighted by molar-refractivity contribution is -0.122. The van der Waals surface area contributed by atoms with E-state index in [1.807, 2.05) is 0 Å². The number of carbonyl (C=O) groups excluding carboxylic acids is 3. The Hall–Kier alpha value is -2.02. The van der Waals surface area contributed by atoms with E-state index in [9.17, 15) is 19.5 Å². The third-order valence-corrected chi connectivity index (χ3v) is 3.25. The molecule has 6 nitrogen and oxygen atoms in total. The highest BCUT2D eigenvalue weighted by Gasteiger charge is 2.33. The van der Waals surface area contributed by atoms with E-state index in [4.69, 9.17) is 0 Å². The Morgan fingerprint density at radius 1 is 1.44 bits per heavy atom. The number of anilines is 1. The molecule has 0 bridgehead atoms. The van der Waals surface area contributed by atoms with Crippen molar-refractivity contribution in [2.45, 2.75) is 11.7 Å². The Bertz CT molecular complexity index is 518. The molecule has 1 heterocycles. The fourth-order valence-electron chi connectivity index (χ4n) is 1.49. The van der Waals surface area contributed by atoms with E-state index in [2.05, 4.69) is 10.6 Å². The average Bonchev–Trinajstić information content (AvgIpc) is 2.57. The van der Waals surface area contributed by atoms with Gasteiger partial charge in [-0.1, -0.05) is 17.8 Å². The molecule has 3 N–H and O–H groups in total. The Morgan fingerprint density at radius 3 is 2.83 bits per heavy atom. The number of phenols is 1. The molecule has 0 saturated carbocycles. The van der Waals surface area contributed by atoms with Crippen molar-refractivity contribution < 1.29 is 19.5 Å². The molecule has 3 amide bonds. The molecule has 0 radical (unpaired) electrons. The maximum atomic E-state index is 11.6. The van der Waals surface area contributed by atoms with Gasteiger partial charge in [-0.15, -0.1) is 0 Å². The average molecular weight is 266 g/mol. The van der Waals surface area contributed by atoms with Crippen LogP contribution in [0.3, 0.4) is 0 Å². The third kappa shape index (κ3) is 3.01. The van der Waals surface area contributed by atoms with Crippen LogP contribution in [0.15, 0.2) is 24.3 Å². The number of hydrogen-bond donors (Lipinski definition) is 3. The molecule has 1 aliphatic rings. The summed E-state index contributed by atoms with van der Waals surface area (Å²) < 4.78 is 0. The topological polar surface area (TPSA) is 95.5 Å². The van der Waals surface area contributed by atoms with Gasteiger partial charge in [-0.05, 0) is 12.1 Å². The molecule has 1 saturated heterocycles. The normalized spacial score (nSPS) is 18.6. The summed E-state index contributed by atoms with van der Waals surface area (Å²) in [6.45, 7) is 0. The number of phenolic OH excluding ortho intramolecular Hbond substituents is 1. The second kappa shape index (κ2) is 5.09. The first-order valence-electron chi connectivity index (χ1n) is 5.15. The first-order valence-corrected chi connectivity index (χ1v) is 6.03. The van der Waals surface area contributed by atoms with Crippen molar-refractivity contribution in [3.8, 4) is 5.75 Å². The van der Waals surface area contributed by atoms with E-state index in [0.29, 0.717) is 5.69 Å². The van der Waals surface area contributed by atoms with E-state index in [-0.39, 0.29) is 18.1 Å². The molecule has 0 aromatic heterocycles. The summed E-state index contributed by atoms with van der Waals surface area (Å²) in [6.07, 6.45) is -0.0854. The van der Waals surface area contributed by atoms with Gasteiger partial charge in [0, 0.05) is 18.2 Å². The number of nitrogens with one attached hydrogen (secondary N) is 2. The Morgan fingerprint density at radius 2 is 2.22 bits per heavy atom. The van der Waals surface area contributed by atoms with Crippen molar-refractivity contribution in [2.24, 2.45) is 0 Å². The van der Waals surface area contributed by atoms with Crippen LogP contribution in [0.1, 0.15) is 6.42 Å². The first-order chi connectivity index (χ1) is 8.54. The van der Waals surface area contributed by atoms with Crippen LogP contribution < -0.4 is 10.6 Å². The number of aromatic hydroxyl groups is 1. The van der Waals surface area contributed by atoms with Crippen molar-refractivity contribution >= 4 is 34.5 Å². The maximum absolute atomic E-state index is 11.6. The number of thioether (sulfide) groups is 1. The van der Waals surface area contributed by atoms with Gasteiger partial charge < -0.3 is 10.4 Å². The lowest BCUT2D eigenvalue weighted by Gasteiger charge is -2.07. The van der Waals surface area contributed by atoms with Crippen LogP contribution >= 0.6 is 11.8 Å². The van der Waals surface area contributed by atoms with Crippen molar-refractivity contribution in [1.29, 1.82) is 0 Å². The fourth-order valence-corrected chi connectivity index (χ4v) is 2.31. The molecule has 1 aliphatic heterocycles. The Balaban J connectivity index is 1.93. The molecule has 0 spiro atoms. The van der Waals surface area contributed by atoms with Crippen LogP contribution in [0, 0.1) is 0 Å². The number of rotatable bonds is 3. The number of hydrogen-bond acceptors (Lipinski definition) is 5. The summed E-state index contributed by atoms with van der Waals surface area (Å²) in [5.74, 6) is -0.796. The minimum Gasteiger partial charge on any atom is -0.508 e. The van der Waals surface area contributed by atoms with Gasteiger partial charge in [-0.25, -0.2) is 0 Å². The summed E-state index contributed by atoms with van der Waals surface area (Å²) in [5, 5.41) is 12.8. The van der Waals surface area contributed by atoms with Crippen LogP contribution in [0.4, 0.5) is 10.5 Å². The quantitative estimate of drug-likeness (QED) is 0.760. The minimum absolute atomic E-state index is 0.0379. The van der Waals surface area contributed by atoms with E-state index in [1.165, 1.54) is 12.1 Å². The zero-order chi connectivity index (χ0) is 13.1. The van der Waals surface area contributed by atoms with Crippen LogP contribution in [0.5, 0.6) is 5.75 Å². The molecule has 1 aromatic carbocycles. The molecular formula is C11H10N2O4S. The van der Waals surface area contributed by atoms with Gasteiger partial charge >= 0.3 is 0 Å². The van der Waals surface area contributed by atoms with Gasteiger partial charge in [0.2, 0.25) is 11.8 Å². The second-order valence-electron chi connectivity index (χ2n) is 3.69. The van der Waals surface area contributed by atoms with Crippen LogP contribution in [-0.4, -0.2) is 27.4 Å². The monoisotopic (exact) mass is 266 g/mol. The van der Waals surface area contributed by atoms with Crippen molar-refractivity contribution in [3.63, 3.8) is 0 Å². The fraction of sp³-hybridized carbons (Fsp3) is 0.182. The zero-order valence-corrected chi connectivity index (χ0v) is 9.99. The lowest BCUT2D eigenvalue weighted by Crippen LogP contribution is -2.27. The largest absolute Gasteiger partial charge is 0.508 e. The smallest absolute Gasteiger partial charge is 0.286 e. The highest BCUT2D eigenvalue weighted by molar-refractivity contribution is 8.15. The van der Waals surface area contributed by atoms with Gasteiger partial charge in [0.25, 0.3) is 5.24 Å². The summed E-state index contributed by atoms with van der Waals surface area (Å²) in [7, 11) is 0. The molecule has 94 valence electrons. The predicted molar refractivity (Wildman–Crippen MR) is 66.3 cm³/mol. The number of benzene rings is 1. The van der Waals surface area contributed by atoms with Crippen LogP contribution in [0.25, 0.3) is 0 Å². The number of carbonyl (C=O) groups is 3. The van der Waals surface area contributed by atoms with Crippen molar-refractivity contribution in [1.82, 2.24) is 5.32 Å². The van der Waals surface area contributed by atoms with Gasteiger partial charge in [-0.3, -0.25) is 19.7 Å². The predicted octanol–water partition coefficient (Wildman–Crippen LogP) is 1.07. The summed E-state index contributed by atoms with van der Waals surface area (Å²) >= 11 is 0.806. The maximum Gasteiger partial charge on any atom is 0.286 e. The van der Waals surface area contributed by atoms with E-state index < -0.39 is 16.4 Å². The molecule has 0 aliphatic carbocycles. The van der Waals surface area contributed by atoms with Gasteiger partial charge in [0.05, 0.1) is 0 Å². The van der Waals surface area contributed by atoms with E-state index in [0.717, 1.165) is 11.8 Å². The number of imide groups is 1.